The molecule has 0 fully saturated rings. The molecule has 4 heteroatoms. The molecule has 0 unspecified atom stereocenters. The van der Waals surface area contributed by atoms with Gasteiger partial charge in [-0.05, 0) is 0 Å². The third-order valence-corrected chi connectivity index (χ3v) is 1.37. The first kappa shape index (κ1) is 8.39. The van der Waals surface area contributed by atoms with Crippen molar-refractivity contribution in [2.75, 3.05) is 0 Å². The molecule has 0 aliphatic carbocycles. The molecule has 3 nitrogen and oxygen atoms in total. The maximum Gasteiger partial charge on any atom is 0.270 e. The van der Waals surface area contributed by atoms with E-state index in [9.17, 15) is 9.28 Å². The molecule has 0 saturated carbocycles. The van der Waals surface area contributed by atoms with Crippen molar-refractivity contribution >= 4 is 11.6 Å². The molecule has 0 spiro atoms. The molecule has 0 radical (unpaired) electrons. The van der Waals surface area contributed by atoms with Gasteiger partial charge in [-0.2, -0.15) is 0 Å². The molecule has 0 bridgehead atoms. The van der Waals surface area contributed by atoms with Gasteiger partial charge in [0.15, 0.2) is 5.71 Å². The number of nitrogens with zero attached hydrogens (tertiary/aromatic N) is 1. The van der Waals surface area contributed by atoms with E-state index in [1.165, 1.54) is 0 Å². The molecule has 0 heterocycles. The van der Waals surface area contributed by atoms with E-state index in [4.69, 9.17) is 5.73 Å². The molecular formula is C8H7FN2O. The number of carbonyl (C=O) groups is 1. The van der Waals surface area contributed by atoms with Gasteiger partial charge < -0.3 is 5.73 Å². The van der Waals surface area contributed by atoms with Crippen LogP contribution in [0.4, 0.5) is 4.48 Å². The molecule has 0 aliphatic heterocycles. The molecule has 0 saturated heterocycles. The van der Waals surface area contributed by atoms with Crippen molar-refractivity contribution in [1.29, 1.82) is 0 Å². The van der Waals surface area contributed by atoms with Crippen molar-refractivity contribution in [3.63, 3.8) is 0 Å². The zero-order valence-corrected chi connectivity index (χ0v) is 6.20. The van der Waals surface area contributed by atoms with E-state index in [1.807, 2.05) is 0 Å². The van der Waals surface area contributed by atoms with Crippen molar-refractivity contribution in [2.45, 2.75) is 0 Å². The molecule has 1 rings (SSSR count). The average Bonchev–Trinajstić information content (AvgIpc) is 2.07. The summed E-state index contributed by atoms with van der Waals surface area (Å²) >= 11 is 0. The van der Waals surface area contributed by atoms with E-state index in [2.05, 4.69) is 5.21 Å². The Balaban J connectivity index is 3.05. The Hall–Kier alpha value is -1.71. The average molecular weight is 166 g/mol. The van der Waals surface area contributed by atoms with Gasteiger partial charge in [0, 0.05) is 5.56 Å². The van der Waals surface area contributed by atoms with Crippen molar-refractivity contribution in [2.24, 2.45) is 10.9 Å². The van der Waals surface area contributed by atoms with E-state index in [0.29, 0.717) is 5.56 Å². The number of carbonyl (C=O) groups excluding carboxylic acids is 1. The molecule has 2 N–H and O–H groups in total. The van der Waals surface area contributed by atoms with Gasteiger partial charge in [0.2, 0.25) is 0 Å². The van der Waals surface area contributed by atoms with Crippen LogP contribution in [-0.2, 0) is 4.79 Å². The Morgan fingerprint density at radius 3 is 2.33 bits per heavy atom. The Kier molecular flexibility index (Phi) is 2.53. The molecule has 1 amide bonds. The molecule has 0 atom stereocenters. The fraction of sp³-hybridized carbons (Fsp3) is 0. The predicted molar refractivity (Wildman–Crippen MR) is 43.3 cm³/mol. The number of halogens is 1. The van der Waals surface area contributed by atoms with Gasteiger partial charge in [-0.25, -0.2) is 0 Å². The molecule has 1 aromatic rings. The maximum atomic E-state index is 11.9. The summed E-state index contributed by atoms with van der Waals surface area (Å²) in [6.45, 7) is 0. The number of hydrogen-bond acceptors (Lipinski definition) is 2. The minimum atomic E-state index is -0.872. The predicted octanol–water partition coefficient (Wildman–Crippen LogP) is 0.846. The zero-order valence-electron chi connectivity index (χ0n) is 6.20. The number of hydrogen-bond donors (Lipinski definition) is 1. The fourth-order valence-corrected chi connectivity index (χ4v) is 0.829. The number of nitrogens with two attached hydrogens (primary N) is 1. The van der Waals surface area contributed by atoms with E-state index < -0.39 is 5.91 Å². The highest BCUT2D eigenvalue weighted by Gasteiger charge is 2.09. The lowest BCUT2D eigenvalue weighted by Crippen LogP contribution is -2.23. The summed E-state index contributed by atoms with van der Waals surface area (Å²) < 4.78 is 11.9. The van der Waals surface area contributed by atoms with Crippen LogP contribution in [0.5, 0.6) is 0 Å². The van der Waals surface area contributed by atoms with E-state index >= 15 is 0 Å². The van der Waals surface area contributed by atoms with Crippen molar-refractivity contribution in [1.82, 2.24) is 0 Å². The van der Waals surface area contributed by atoms with Gasteiger partial charge >= 0.3 is 0 Å². The lowest BCUT2D eigenvalue weighted by Gasteiger charge is -1.96. The standard InChI is InChI=1S/C8H7FN2O/c9-11-7(8(10)12)6-4-2-1-3-5-6/h1-5H,(H2,10,12)/b11-7-. The highest BCUT2D eigenvalue weighted by Crippen LogP contribution is 2.00. The summed E-state index contributed by atoms with van der Waals surface area (Å²) in [4.78, 5) is 10.6. The Morgan fingerprint density at radius 1 is 1.33 bits per heavy atom. The first-order valence-corrected chi connectivity index (χ1v) is 3.30. The highest BCUT2D eigenvalue weighted by atomic mass is 19.2. The van der Waals surface area contributed by atoms with Gasteiger partial charge in [0.25, 0.3) is 5.91 Å². The van der Waals surface area contributed by atoms with E-state index in [0.717, 1.165) is 0 Å². The van der Waals surface area contributed by atoms with Crippen LogP contribution < -0.4 is 5.73 Å². The molecular weight excluding hydrogens is 159 g/mol. The Labute approximate surface area is 68.7 Å². The lowest BCUT2D eigenvalue weighted by atomic mass is 10.1. The minimum Gasteiger partial charge on any atom is -0.364 e. The van der Waals surface area contributed by atoms with Crippen LogP contribution in [0.15, 0.2) is 35.5 Å². The summed E-state index contributed by atoms with van der Waals surface area (Å²) in [5.41, 5.74) is 4.90. The largest absolute Gasteiger partial charge is 0.364 e. The van der Waals surface area contributed by atoms with Crippen LogP contribution in [0, 0.1) is 0 Å². The quantitative estimate of drug-likeness (QED) is 0.650. The molecule has 0 aromatic heterocycles. The van der Waals surface area contributed by atoms with Gasteiger partial charge in [-0.1, -0.05) is 40.0 Å². The molecule has 62 valence electrons. The van der Waals surface area contributed by atoms with E-state index in [1.54, 1.807) is 30.3 Å². The van der Waals surface area contributed by atoms with Crippen molar-refractivity contribution in [3.05, 3.63) is 35.9 Å². The van der Waals surface area contributed by atoms with Crippen LogP contribution in [0.2, 0.25) is 0 Å². The topological polar surface area (TPSA) is 55.5 Å². The van der Waals surface area contributed by atoms with Gasteiger partial charge in [0.1, 0.15) is 0 Å². The zero-order chi connectivity index (χ0) is 8.97. The van der Waals surface area contributed by atoms with Crippen molar-refractivity contribution < 1.29 is 9.28 Å². The number of benzene rings is 1. The monoisotopic (exact) mass is 166 g/mol. The second kappa shape index (κ2) is 3.61. The van der Waals surface area contributed by atoms with Crippen LogP contribution >= 0.6 is 0 Å². The SMILES string of the molecule is NC(=O)/C(=N\F)c1ccccc1. The number of primary amides is 1. The van der Waals surface area contributed by atoms with Gasteiger partial charge in [0.05, 0.1) is 0 Å². The van der Waals surface area contributed by atoms with Crippen LogP contribution in [0.3, 0.4) is 0 Å². The summed E-state index contributed by atoms with van der Waals surface area (Å²) in [5.74, 6) is -0.872. The molecule has 12 heavy (non-hydrogen) atoms. The fourth-order valence-electron chi connectivity index (χ4n) is 0.829. The van der Waals surface area contributed by atoms with E-state index in [-0.39, 0.29) is 5.71 Å². The third kappa shape index (κ3) is 1.66. The van der Waals surface area contributed by atoms with Gasteiger partial charge in [-0.15, -0.1) is 0 Å². The Morgan fingerprint density at radius 2 is 1.92 bits per heavy atom. The van der Waals surface area contributed by atoms with Crippen molar-refractivity contribution in [3.8, 4) is 0 Å². The second-order valence-corrected chi connectivity index (χ2v) is 2.16. The summed E-state index contributed by atoms with van der Waals surface area (Å²) in [6.07, 6.45) is 0. The first-order valence-electron chi connectivity index (χ1n) is 3.30. The Bertz CT molecular complexity index is 308. The maximum absolute atomic E-state index is 11.9. The normalized spacial score (nSPS) is 11.2. The van der Waals surface area contributed by atoms with Gasteiger partial charge in [-0.3, -0.25) is 4.79 Å². The number of rotatable bonds is 2. The lowest BCUT2D eigenvalue weighted by molar-refractivity contribution is -0.112. The summed E-state index contributed by atoms with van der Waals surface area (Å²) in [6, 6.07) is 8.21. The van der Waals surface area contributed by atoms with Crippen LogP contribution in [0.1, 0.15) is 5.56 Å². The first-order chi connectivity index (χ1) is 5.75. The molecule has 1 aromatic carbocycles. The second-order valence-electron chi connectivity index (χ2n) is 2.16. The number of amides is 1. The van der Waals surface area contributed by atoms with Crippen LogP contribution in [0.25, 0.3) is 0 Å². The molecule has 0 aliphatic rings. The highest BCUT2D eigenvalue weighted by molar-refractivity contribution is 6.44. The minimum absolute atomic E-state index is 0.351. The third-order valence-electron chi connectivity index (χ3n) is 1.37. The van der Waals surface area contributed by atoms with Crippen LogP contribution in [-0.4, -0.2) is 11.6 Å². The summed E-state index contributed by atoms with van der Waals surface area (Å²) in [7, 11) is 0. The smallest absolute Gasteiger partial charge is 0.270 e. The summed E-state index contributed by atoms with van der Waals surface area (Å²) in [5, 5.41) is 2.30.